The molecule has 0 unspecified atom stereocenters. The lowest BCUT2D eigenvalue weighted by molar-refractivity contribution is 0.195. The van der Waals surface area contributed by atoms with Crippen molar-refractivity contribution in [3.63, 3.8) is 0 Å². The lowest BCUT2D eigenvalue weighted by Crippen LogP contribution is -2.36. The van der Waals surface area contributed by atoms with Crippen molar-refractivity contribution in [2.45, 2.75) is 32.7 Å². The first kappa shape index (κ1) is 19.2. The summed E-state index contributed by atoms with van der Waals surface area (Å²) in [5.41, 5.74) is 4.17. The zero-order valence-electron chi connectivity index (χ0n) is 16.5. The Morgan fingerprint density at radius 3 is 2.56 bits per heavy atom. The number of nitrogens with one attached hydrogen (secondary N) is 2. The molecule has 27 heavy (non-hydrogen) atoms. The molecule has 3 rings (SSSR count). The minimum Gasteiger partial charge on any atom is -0.493 e. The van der Waals surface area contributed by atoms with Crippen molar-refractivity contribution < 1.29 is 14.2 Å². The summed E-state index contributed by atoms with van der Waals surface area (Å²) in [7, 11) is 5.00. The zero-order valence-corrected chi connectivity index (χ0v) is 16.5. The SMILES string of the molecule is COCCCc1nc(C)[nH]c1C(=N)N1CCc2cc(OC)c(OC)cc2C1. The number of hydrogen-bond donors (Lipinski definition) is 2. The van der Waals surface area contributed by atoms with Crippen molar-refractivity contribution in [3.05, 3.63) is 40.5 Å². The number of ether oxygens (including phenoxy) is 3. The maximum absolute atomic E-state index is 8.74. The number of benzene rings is 1. The van der Waals surface area contributed by atoms with Gasteiger partial charge < -0.3 is 24.1 Å². The van der Waals surface area contributed by atoms with E-state index in [0.717, 1.165) is 54.5 Å². The van der Waals surface area contributed by atoms with Crippen molar-refractivity contribution in [2.75, 3.05) is 34.5 Å². The largest absolute Gasteiger partial charge is 0.493 e. The van der Waals surface area contributed by atoms with Gasteiger partial charge in [-0.1, -0.05) is 0 Å². The van der Waals surface area contributed by atoms with Crippen LogP contribution in [-0.4, -0.2) is 55.2 Å². The minimum absolute atomic E-state index is 0.489. The molecule has 0 amide bonds. The van der Waals surface area contributed by atoms with Gasteiger partial charge in [-0.3, -0.25) is 5.41 Å². The van der Waals surface area contributed by atoms with E-state index in [1.807, 2.05) is 19.1 Å². The van der Waals surface area contributed by atoms with Gasteiger partial charge in [0, 0.05) is 26.8 Å². The fourth-order valence-corrected chi connectivity index (χ4v) is 3.53. The Labute approximate surface area is 160 Å². The molecule has 0 spiro atoms. The van der Waals surface area contributed by atoms with Gasteiger partial charge in [0.25, 0.3) is 0 Å². The van der Waals surface area contributed by atoms with Crippen LogP contribution < -0.4 is 9.47 Å². The number of imidazole rings is 1. The highest BCUT2D eigenvalue weighted by Crippen LogP contribution is 2.33. The second-order valence-electron chi connectivity index (χ2n) is 6.74. The van der Waals surface area contributed by atoms with Crippen molar-refractivity contribution in [2.24, 2.45) is 0 Å². The van der Waals surface area contributed by atoms with Crippen LogP contribution >= 0.6 is 0 Å². The Hall–Kier alpha value is -2.54. The average Bonchev–Trinajstić information content (AvgIpc) is 3.06. The summed E-state index contributed by atoms with van der Waals surface area (Å²) in [6.45, 7) is 4.08. The third-order valence-corrected chi connectivity index (χ3v) is 4.93. The van der Waals surface area contributed by atoms with Gasteiger partial charge in [0.05, 0.1) is 19.9 Å². The summed E-state index contributed by atoms with van der Waals surface area (Å²) in [6.07, 6.45) is 2.55. The highest BCUT2D eigenvalue weighted by molar-refractivity contribution is 5.95. The van der Waals surface area contributed by atoms with E-state index in [-0.39, 0.29) is 0 Å². The van der Waals surface area contributed by atoms with E-state index < -0.39 is 0 Å². The quantitative estimate of drug-likeness (QED) is 0.444. The Morgan fingerprint density at radius 1 is 1.19 bits per heavy atom. The van der Waals surface area contributed by atoms with E-state index >= 15 is 0 Å². The number of H-pyrrole nitrogens is 1. The number of aromatic nitrogens is 2. The monoisotopic (exact) mass is 372 g/mol. The molecule has 0 aliphatic carbocycles. The van der Waals surface area contributed by atoms with Gasteiger partial charge in [0.2, 0.25) is 0 Å². The summed E-state index contributed by atoms with van der Waals surface area (Å²) < 4.78 is 16.0. The predicted octanol–water partition coefficient (Wildman–Crippen LogP) is 2.70. The lowest BCUT2D eigenvalue weighted by atomic mass is 9.98. The number of nitrogens with zero attached hydrogens (tertiary/aromatic N) is 2. The van der Waals surface area contributed by atoms with Crippen LogP contribution in [0.3, 0.4) is 0 Å². The molecule has 0 fully saturated rings. The Balaban J connectivity index is 1.80. The van der Waals surface area contributed by atoms with E-state index in [9.17, 15) is 0 Å². The smallest absolute Gasteiger partial charge is 0.161 e. The van der Waals surface area contributed by atoms with Crippen molar-refractivity contribution in [3.8, 4) is 11.5 Å². The van der Waals surface area contributed by atoms with Gasteiger partial charge in [0.1, 0.15) is 17.4 Å². The zero-order chi connectivity index (χ0) is 19.4. The van der Waals surface area contributed by atoms with Crippen LogP contribution in [0.5, 0.6) is 11.5 Å². The number of aryl methyl sites for hydroxylation is 2. The Kier molecular flexibility index (Phi) is 6.01. The van der Waals surface area contributed by atoms with Crippen LogP contribution in [0.2, 0.25) is 0 Å². The second-order valence-corrected chi connectivity index (χ2v) is 6.74. The molecule has 1 aromatic carbocycles. The molecule has 1 aliphatic heterocycles. The van der Waals surface area contributed by atoms with Crippen LogP contribution in [0.1, 0.15) is 34.8 Å². The molecule has 0 saturated heterocycles. The number of amidine groups is 1. The highest BCUT2D eigenvalue weighted by Gasteiger charge is 2.24. The summed E-state index contributed by atoms with van der Waals surface area (Å²) >= 11 is 0. The molecule has 1 aliphatic rings. The minimum atomic E-state index is 0.489. The topological polar surface area (TPSA) is 83.5 Å². The molecule has 0 radical (unpaired) electrons. The van der Waals surface area contributed by atoms with Crippen LogP contribution in [-0.2, 0) is 24.1 Å². The number of rotatable bonds is 7. The highest BCUT2D eigenvalue weighted by atomic mass is 16.5. The maximum Gasteiger partial charge on any atom is 0.161 e. The first-order valence-corrected chi connectivity index (χ1v) is 9.19. The number of methoxy groups -OCH3 is 3. The van der Waals surface area contributed by atoms with E-state index in [0.29, 0.717) is 19.0 Å². The molecule has 2 heterocycles. The molecule has 0 bridgehead atoms. The molecule has 2 aromatic rings. The van der Waals surface area contributed by atoms with Crippen LogP contribution in [0.15, 0.2) is 12.1 Å². The Morgan fingerprint density at radius 2 is 1.89 bits per heavy atom. The third kappa shape index (κ3) is 4.08. The Bertz CT molecular complexity index is 816. The normalized spacial score (nSPS) is 13.4. The second kappa shape index (κ2) is 8.43. The number of fused-ring (bicyclic) bond motifs is 1. The van der Waals surface area contributed by atoms with Crippen molar-refractivity contribution >= 4 is 5.84 Å². The molecule has 1 aromatic heterocycles. The number of hydrogen-bond acceptors (Lipinski definition) is 5. The van der Waals surface area contributed by atoms with Crippen LogP contribution in [0.25, 0.3) is 0 Å². The van der Waals surface area contributed by atoms with Gasteiger partial charge in [-0.15, -0.1) is 0 Å². The van der Waals surface area contributed by atoms with E-state index in [1.165, 1.54) is 11.1 Å². The summed E-state index contributed by atoms with van der Waals surface area (Å²) in [6, 6.07) is 4.07. The first-order chi connectivity index (χ1) is 13.1. The average molecular weight is 372 g/mol. The summed E-state index contributed by atoms with van der Waals surface area (Å²) in [5, 5.41) is 8.74. The fraction of sp³-hybridized carbons (Fsp3) is 0.500. The third-order valence-electron chi connectivity index (χ3n) is 4.93. The number of aromatic amines is 1. The van der Waals surface area contributed by atoms with Gasteiger partial charge in [-0.2, -0.15) is 0 Å². The maximum atomic E-state index is 8.74. The van der Waals surface area contributed by atoms with Crippen LogP contribution in [0.4, 0.5) is 0 Å². The van der Waals surface area contributed by atoms with E-state index in [2.05, 4.69) is 14.9 Å². The molecule has 146 valence electrons. The van der Waals surface area contributed by atoms with Crippen molar-refractivity contribution in [1.29, 1.82) is 5.41 Å². The molecule has 7 heteroatoms. The molecular formula is C20H28N4O3. The summed E-state index contributed by atoms with van der Waals surface area (Å²) in [5.74, 6) is 2.81. The van der Waals surface area contributed by atoms with E-state index in [1.54, 1.807) is 21.3 Å². The van der Waals surface area contributed by atoms with Gasteiger partial charge in [-0.25, -0.2) is 4.98 Å². The molecule has 0 saturated carbocycles. The lowest BCUT2D eigenvalue weighted by Gasteiger charge is -2.31. The molecular weight excluding hydrogens is 344 g/mol. The van der Waals surface area contributed by atoms with E-state index in [4.69, 9.17) is 19.6 Å². The van der Waals surface area contributed by atoms with Gasteiger partial charge >= 0.3 is 0 Å². The standard InChI is InChI=1S/C20H28N4O3/c1-13-22-16(6-5-9-25-2)19(23-13)20(21)24-8-7-14-10-17(26-3)18(27-4)11-15(14)12-24/h10-11,21H,5-9,12H2,1-4H3,(H,22,23). The summed E-state index contributed by atoms with van der Waals surface area (Å²) in [4.78, 5) is 9.93. The molecule has 2 N–H and O–H groups in total. The predicted molar refractivity (Wildman–Crippen MR) is 104 cm³/mol. The van der Waals surface area contributed by atoms with Crippen LogP contribution in [0, 0.1) is 12.3 Å². The first-order valence-electron chi connectivity index (χ1n) is 9.19. The molecule has 7 nitrogen and oxygen atoms in total. The molecule has 0 atom stereocenters. The van der Waals surface area contributed by atoms with Gasteiger partial charge in [-0.05, 0) is 49.4 Å². The van der Waals surface area contributed by atoms with Crippen molar-refractivity contribution in [1.82, 2.24) is 14.9 Å². The fourth-order valence-electron chi connectivity index (χ4n) is 3.53. The van der Waals surface area contributed by atoms with Gasteiger partial charge in [0.15, 0.2) is 11.5 Å².